The van der Waals surface area contributed by atoms with Crippen molar-refractivity contribution in [2.45, 2.75) is 52.1 Å². The summed E-state index contributed by atoms with van der Waals surface area (Å²) >= 11 is 0. The first kappa shape index (κ1) is 16.8. The Hall–Kier alpha value is -0.610. The summed E-state index contributed by atoms with van der Waals surface area (Å²) < 4.78 is 0. The van der Waals surface area contributed by atoms with Gasteiger partial charge in [-0.15, -0.1) is 0 Å². The molecule has 0 saturated heterocycles. The zero-order chi connectivity index (χ0) is 12.1. The molecule has 0 aliphatic rings. The molecule has 1 unspecified atom stereocenters. The van der Waals surface area contributed by atoms with E-state index in [0.717, 1.165) is 12.8 Å². The van der Waals surface area contributed by atoms with Gasteiger partial charge in [0, 0.05) is 13.5 Å². The van der Waals surface area contributed by atoms with Crippen LogP contribution in [0.25, 0.3) is 0 Å². The van der Waals surface area contributed by atoms with E-state index >= 15 is 0 Å². The number of hydrogen-bond acceptors (Lipinski definition) is 3. The molecule has 4 N–H and O–H groups in total. The third-order valence-electron chi connectivity index (χ3n) is 1.98. The van der Waals surface area contributed by atoms with E-state index in [4.69, 9.17) is 0 Å². The van der Waals surface area contributed by atoms with Crippen molar-refractivity contribution >= 4 is 5.91 Å². The lowest BCUT2D eigenvalue weighted by Gasteiger charge is -2.10. The summed E-state index contributed by atoms with van der Waals surface area (Å²) in [4.78, 5) is 10.5. The Morgan fingerprint density at radius 1 is 1.33 bits per heavy atom. The predicted octanol–water partition coefficient (Wildman–Crippen LogP) is 1.03. The van der Waals surface area contributed by atoms with Crippen LogP contribution in [0.15, 0.2) is 0 Å². The van der Waals surface area contributed by atoms with Crippen LogP contribution in [0, 0.1) is 0 Å². The summed E-state index contributed by atoms with van der Waals surface area (Å²) in [5.41, 5.74) is 4.50. The van der Waals surface area contributed by atoms with Gasteiger partial charge in [0.1, 0.15) is 0 Å². The third kappa shape index (κ3) is 16.1. The molecule has 4 heteroatoms. The summed E-state index contributed by atoms with van der Waals surface area (Å²) in [5.74, 6) is -0.0763. The lowest BCUT2D eigenvalue weighted by molar-refractivity contribution is -0.119. The van der Waals surface area contributed by atoms with Crippen LogP contribution >= 0.6 is 0 Å². The molecule has 1 amide bonds. The average Bonchev–Trinajstić information content (AvgIpc) is 2.24. The molecule has 15 heavy (non-hydrogen) atoms. The van der Waals surface area contributed by atoms with Crippen LogP contribution in [-0.2, 0) is 4.79 Å². The number of rotatable bonds is 7. The van der Waals surface area contributed by atoms with Crippen molar-refractivity contribution in [2.75, 3.05) is 13.6 Å². The van der Waals surface area contributed by atoms with Gasteiger partial charge in [-0.25, -0.2) is 0 Å². The highest BCUT2D eigenvalue weighted by molar-refractivity contribution is 5.72. The number of carbonyl (C=O) groups excluding carboxylic acids is 1. The quantitative estimate of drug-likeness (QED) is 0.559. The number of nitrogens with two attached hydrogens (primary N) is 1. The fourth-order valence-corrected chi connectivity index (χ4v) is 1.17. The van der Waals surface area contributed by atoms with Gasteiger partial charge in [-0.05, 0) is 13.5 Å². The first-order valence-corrected chi connectivity index (χ1v) is 5.67. The SMILES string of the molecule is CCCCCCC(O)CNC(C)=O.CN. The van der Waals surface area contributed by atoms with E-state index in [9.17, 15) is 9.90 Å². The minimum absolute atomic E-state index is 0.0763. The molecule has 0 aromatic heterocycles. The van der Waals surface area contributed by atoms with Gasteiger partial charge in [0.15, 0.2) is 0 Å². The Morgan fingerprint density at radius 2 is 1.93 bits per heavy atom. The lowest BCUT2D eigenvalue weighted by atomic mass is 10.1. The van der Waals surface area contributed by atoms with Crippen molar-refractivity contribution < 1.29 is 9.90 Å². The standard InChI is InChI=1S/C10H21NO2.CH5N/c1-3-4-5-6-7-10(13)8-11-9(2)12;1-2/h10,13H,3-8H2,1-2H3,(H,11,12);2H2,1H3. The maximum atomic E-state index is 10.5. The summed E-state index contributed by atoms with van der Waals surface area (Å²) in [6.45, 7) is 4.01. The second kappa shape index (κ2) is 13.4. The Labute approximate surface area is 93.2 Å². The zero-order valence-corrected chi connectivity index (χ0v) is 10.3. The molecule has 0 heterocycles. The molecule has 4 nitrogen and oxygen atoms in total. The number of unbranched alkanes of at least 4 members (excludes halogenated alkanes) is 3. The smallest absolute Gasteiger partial charge is 0.216 e. The predicted molar refractivity (Wildman–Crippen MR) is 63.6 cm³/mol. The van der Waals surface area contributed by atoms with E-state index in [1.54, 1.807) is 0 Å². The first-order chi connectivity index (χ1) is 7.16. The van der Waals surface area contributed by atoms with Crippen molar-refractivity contribution in [3.05, 3.63) is 0 Å². The van der Waals surface area contributed by atoms with Crippen molar-refractivity contribution in [1.82, 2.24) is 5.32 Å². The molecule has 1 atom stereocenters. The topological polar surface area (TPSA) is 75.3 Å². The van der Waals surface area contributed by atoms with Crippen molar-refractivity contribution in [2.24, 2.45) is 5.73 Å². The lowest BCUT2D eigenvalue weighted by Crippen LogP contribution is -2.30. The highest BCUT2D eigenvalue weighted by atomic mass is 16.3. The van der Waals surface area contributed by atoms with Gasteiger partial charge in [0.2, 0.25) is 5.91 Å². The van der Waals surface area contributed by atoms with Gasteiger partial charge in [-0.3, -0.25) is 4.79 Å². The van der Waals surface area contributed by atoms with E-state index in [2.05, 4.69) is 18.0 Å². The summed E-state index contributed by atoms with van der Waals surface area (Å²) in [6.07, 6.45) is 5.08. The van der Waals surface area contributed by atoms with E-state index in [1.165, 1.54) is 33.2 Å². The molecule has 0 aliphatic heterocycles. The summed E-state index contributed by atoms with van der Waals surface area (Å²) in [7, 11) is 1.50. The van der Waals surface area contributed by atoms with Crippen molar-refractivity contribution in [1.29, 1.82) is 0 Å². The molecule has 0 aromatic rings. The van der Waals surface area contributed by atoms with Crippen LogP contribution in [0.3, 0.4) is 0 Å². The van der Waals surface area contributed by atoms with E-state index in [0.29, 0.717) is 6.54 Å². The fraction of sp³-hybridized carbons (Fsp3) is 0.909. The van der Waals surface area contributed by atoms with E-state index in [-0.39, 0.29) is 12.0 Å². The second-order valence-corrected chi connectivity index (χ2v) is 3.44. The number of aliphatic hydroxyl groups is 1. The van der Waals surface area contributed by atoms with Gasteiger partial charge in [-0.1, -0.05) is 32.6 Å². The molecular formula is C11H26N2O2. The molecule has 92 valence electrons. The Morgan fingerprint density at radius 3 is 2.40 bits per heavy atom. The van der Waals surface area contributed by atoms with Crippen LogP contribution in [0.5, 0.6) is 0 Å². The van der Waals surface area contributed by atoms with Gasteiger partial charge in [0.25, 0.3) is 0 Å². The molecule has 0 aliphatic carbocycles. The average molecular weight is 218 g/mol. The number of amides is 1. The van der Waals surface area contributed by atoms with Crippen LogP contribution in [0.2, 0.25) is 0 Å². The van der Waals surface area contributed by atoms with Crippen molar-refractivity contribution in [3.63, 3.8) is 0 Å². The number of hydrogen-bond donors (Lipinski definition) is 3. The van der Waals surface area contributed by atoms with Gasteiger partial charge >= 0.3 is 0 Å². The van der Waals surface area contributed by atoms with Gasteiger partial charge < -0.3 is 16.2 Å². The van der Waals surface area contributed by atoms with Crippen LogP contribution in [0.1, 0.15) is 46.0 Å². The Bertz CT molecular complexity index is 141. The minimum atomic E-state index is -0.374. The minimum Gasteiger partial charge on any atom is -0.391 e. The Balaban J connectivity index is 0. The molecule has 0 radical (unpaired) electrons. The monoisotopic (exact) mass is 218 g/mol. The third-order valence-corrected chi connectivity index (χ3v) is 1.98. The largest absolute Gasteiger partial charge is 0.391 e. The van der Waals surface area contributed by atoms with E-state index < -0.39 is 0 Å². The summed E-state index contributed by atoms with van der Waals surface area (Å²) in [5, 5.41) is 12.0. The molecule has 0 bridgehead atoms. The molecule has 0 rings (SSSR count). The van der Waals surface area contributed by atoms with Gasteiger partial charge in [0.05, 0.1) is 6.10 Å². The van der Waals surface area contributed by atoms with Crippen LogP contribution < -0.4 is 11.1 Å². The second-order valence-electron chi connectivity index (χ2n) is 3.44. The normalized spacial score (nSPS) is 11.3. The highest BCUT2D eigenvalue weighted by Crippen LogP contribution is 2.04. The number of aliphatic hydroxyl groups excluding tert-OH is 1. The van der Waals surface area contributed by atoms with Crippen LogP contribution in [-0.4, -0.2) is 30.7 Å². The maximum Gasteiger partial charge on any atom is 0.216 e. The van der Waals surface area contributed by atoms with E-state index in [1.807, 2.05) is 0 Å². The zero-order valence-electron chi connectivity index (χ0n) is 10.3. The number of nitrogens with one attached hydrogen (secondary N) is 1. The molecule has 0 spiro atoms. The molecule has 0 fully saturated rings. The molecular weight excluding hydrogens is 192 g/mol. The fourth-order valence-electron chi connectivity index (χ4n) is 1.17. The van der Waals surface area contributed by atoms with Crippen LogP contribution in [0.4, 0.5) is 0 Å². The van der Waals surface area contributed by atoms with Crippen molar-refractivity contribution in [3.8, 4) is 0 Å². The first-order valence-electron chi connectivity index (χ1n) is 5.67. The highest BCUT2D eigenvalue weighted by Gasteiger charge is 2.03. The molecule has 0 aromatic carbocycles. The van der Waals surface area contributed by atoms with Gasteiger partial charge in [-0.2, -0.15) is 0 Å². The Kier molecular flexibility index (Phi) is 15.0. The number of carbonyl (C=O) groups is 1. The molecule has 0 saturated carbocycles. The maximum absolute atomic E-state index is 10.5. The summed E-state index contributed by atoms with van der Waals surface area (Å²) in [6, 6.07) is 0.